The van der Waals surface area contributed by atoms with E-state index in [1.807, 2.05) is 24.3 Å². The van der Waals surface area contributed by atoms with Gasteiger partial charge in [-0.25, -0.2) is 5.43 Å². The van der Waals surface area contributed by atoms with Crippen molar-refractivity contribution in [1.29, 1.82) is 0 Å². The Morgan fingerprint density at radius 2 is 1.96 bits per heavy atom. The number of fused-ring (bicyclic) bond motifs is 1. The van der Waals surface area contributed by atoms with E-state index in [1.54, 1.807) is 6.20 Å². The average Bonchev–Trinajstić information content (AvgIpc) is 3.09. The molecule has 8 heteroatoms. The molecule has 5 nitrogen and oxygen atoms in total. The van der Waals surface area contributed by atoms with E-state index in [0.717, 1.165) is 28.6 Å². The molecule has 0 spiro atoms. The largest absolute Gasteiger partial charge is 0.483 e. The number of benzene rings is 2. The van der Waals surface area contributed by atoms with E-state index in [4.69, 9.17) is 4.74 Å². The highest BCUT2D eigenvalue weighted by molar-refractivity contribution is 5.98. The van der Waals surface area contributed by atoms with Crippen LogP contribution in [-0.2, 0) is 11.0 Å². The summed E-state index contributed by atoms with van der Waals surface area (Å²) < 4.78 is 43.5. The van der Waals surface area contributed by atoms with E-state index < -0.39 is 30.0 Å². The lowest BCUT2D eigenvalue weighted by Gasteiger charge is -2.12. The molecule has 134 valence electrons. The second kappa shape index (κ2) is 7.30. The van der Waals surface area contributed by atoms with E-state index in [0.29, 0.717) is 0 Å². The summed E-state index contributed by atoms with van der Waals surface area (Å²) in [6.45, 7) is -0.585. The number of aromatic amines is 1. The van der Waals surface area contributed by atoms with E-state index in [9.17, 15) is 18.0 Å². The van der Waals surface area contributed by atoms with Gasteiger partial charge in [-0.15, -0.1) is 0 Å². The van der Waals surface area contributed by atoms with Crippen molar-refractivity contribution in [2.45, 2.75) is 6.18 Å². The maximum atomic E-state index is 12.9. The molecular formula is C18H14F3N3O2. The number of hydrogen-bond acceptors (Lipinski definition) is 3. The zero-order valence-electron chi connectivity index (χ0n) is 13.4. The third-order valence-corrected chi connectivity index (χ3v) is 3.57. The molecule has 0 aliphatic rings. The fourth-order valence-corrected chi connectivity index (χ4v) is 2.40. The minimum atomic E-state index is -4.56. The number of H-pyrrole nitrogens is 1. The maximum absolute atomic E-state index is 12.9. The smallest absolute Gasteiger partial charge is 0.419 e. The first kappa shape index (κ1) is 17.5. The third-order valence-electron chi connectivity index (χ3n) is 3.57. The van der Waals surface area contributed by atoms with Gasteiger partial charge in [-0.3, -0.25) is 4.79 Å². The molecule has 1 amide bonds. The normalized spacial score (nSPS) is 11.8. The molecule has 0 fully saturated rings. The minimum Gasteiger partial charge on any atom is -0.483 e. The standard InChI is InChI=1S/C18H14F3N3O2/c19-18(20,21)14-5-1-2-7-16(14)26-11-17(25)24-23-10-12-4-3-6-15-13(12)8-9-22-15/h1-10,22H,11H2,(H,24,25)/b23-10+. The predicted molar refractivity (Wildman–Crippen MR) is 91.0 cm³/mol. The zero-order valence-corrected chi connectivity index (χ0v) is 13.4. The lowest BCUT2D eigenvalue weighted by atomic mass is 10.1. The first-order valence-corrected chi connectivity index (χ1v) is 7.62. The van der Waals surface area contributed by atoms with Crippen molar-refractivity contribution in [3.63, 3.8) is 0 Å². The molecule has 0 bridgehead atoms. The molecule has 1 aromatic heterocycles. The molecule has 26 heavy (non-hydrogen) atoms. The fourth-order valence-electron chi connectivity index (χ4n) is 2.40. The summed E-state index contributed by atoms with van der Waals surface area (Å²) in [5, 5.41) is 4.75. The van der Waals surface area contributed by atoms with Gasteiger partial charge in [-0.1, -0.05) is 24.3 Å². The Morgan fingerprint density at radius 3 is 2.77 bits per heavy atom. The molecule has 0 radical (unpaired) electrons. The van der Waals surface area contributed by atoms with E-state index >= 15 is 0 Å². The number of aromatic nitrogens is 1. The Labute approximate surface area is 146 Å². The van der Waals surface area contributed by atoms with Crippen LogP contribution in [-0.4, -0.2) is 23.7 Å². The number of carbonyl (C=O) groups excluding carboxylic acids is 1. The van der Waals surface area contributed by atoms with Crippen molar-refractivity contribution in [2.75, 3.05) is 6.61 Å². The van der Waals surface area contributed by atoms with Gasteiger partial charge in [0.25, 0.3) is 5.91 Å². The van der Waals surface area contributed by atoms with E-state index in [-0.39, 0.29) is 0 Å². The van der Waals surface area contributed by atoms with Gasteiger partial charge in [0.2, 0.25) is 0 Å². The molecule has 0 saturated heterocycles. The Morgan fingerprint density at radius 1 is 1.15 bits per heavy atom. The van der Waals surface area contributed by atoms with Crippen molar-refractivity contribution in [3.8, 4) is 5.75 Å². The number of nitrogens with one attached hydrogen (secondary N) is 2. The molecule has 0 unspecified atom stereocenters. The molecule has 3 rings (SSSR count). The number of halogens is 3. The van der Waals surface area contributed by atoms with Crippen LogP contribution in [0.2, 0.25) is 0 Å². The SMILES string of the molecule is O=C(COc1ccccc1C(F)(F)F)N/N=C/c1cccc2[nH]ccc12. The van der Waals surface area contributed by atoms with Crippen molar-refractivity contribution >= 4 is 23.0 Å². The van der Waals surface area contributed by atoms with Crippen molar-refractivity contribution in [1.82, 2.24) is 10.4 Å². The molecule has 0 aliphatic carbocycles. The summed E-state index contributed by atoms with van der Waals surface area (Å²) >= 11 is 0. The van der Waals surface area contributed by atoms with Crippen LogP contribution < -0.4 is 10.2 Å². The third kappa shape index (κ3) is 4.02. The first-order chi connectivity index (χ1) is 12.4. The second-order valence-electron chi connectivity index (χ2n) is 5.36. The van der Waals surface area contributed by atoms with Crippen molar-refractivity contribution in [2.24, 2.45) is 5.10 Å². The number of amides is 1. The van der Waals surface area contributed by atoms with Gasteiger partial charge in [-0.2, -0.15) is 18.3 Å². The monoisotopic (exact) mass is 361 g/mol. The van der Waals surface area contributed by atoms with Gasteiger partial charge >= 0.3 is 6.18 Å². The van der Waals surface area contributed by atoms with Crippen molar-refractivity contribution in [3.05, 3.63) is 65.9 Å². The number of para-hydroxylation sites is 1. The van der Waals surface area contributed by atoms with Gasteiger partial charge in [0.1, 0.15) is 5.75 Å². The molecule has 1 heterocycles. The maximum Gasteiger partial charge on any atom is 0.419 e. The number of hydrogen-bond donors (Lipinski definition) is 2. The van der Waals surface area contributed by atoms with Crippen LogP contribution in [0.5, 0.6) is 5.75 Å². The Balaban J connectivity index is 1.60. The van der Waals surface area contributed by atoms with Crippen molar-refractivity contribution < 1.29 is 22.7 Å². The van der Waals surface area contributed by atoms with Crippen LogP contribution in [0, 0.1) is 0 Å². The summed E-state index contributed by atoms with van der Waals surface area (Å²) in [5.41, 5.74) is 3.00. The van der Waals surface area contributed by atoms with Crippen LogP contribution in [0.4, 0.5) is 13.2 Å². The van der Waals surface area contributed by atoms with Crippen LogP contribution in [0.1, 0.15) is 11.1 Å². The van der Waals surface area contributed by atoms with E-state index in [2.05, 4.69) is 15.5 Å². The Hall–Kier alpha value is -3.29. The summed E-state index contributed by atoms with van der Waals surface area (Å²) in [4.78, 5) is 14.8. The predicted octanol–water partition coefficient (Wildman–Crippen LogP) is 3.72. The van der Waals surface area contributed by atoms with E-state index in [1.165, 1.54) is 18.3 Å². The minimum absolute atomic E-state index is 0.406. The Kier molecular flexibility index (Phi) is 4.92. The number of nitrogens with zero attached hydrogens (tertiary/aromatic N) is 1. The molecular weight excluding hydrogens is 347 g/mol. The van der Waals surface area contributed by atoms with Crippen LogP contribution >= 0.6 is 0 Å². The second-order valence-corrected chi connectivity index (χ2v) is 5.36. The average molecular weight is 361 g/mol. The summed E-state index contributed by atoms with van der Waals surface area (Å²) in [5.74, 6) is -1.07. The Bertz CT molecular complexity index is 948. The highest BCUT2D eigenvalue weighted by Gasteiger charge is 2.34. The summed E-state index contributed by atoms with van der Waals surface area (Å²) in [6, 6.07) is 12.1. The molecule has 0 atom stereocenters. The van der Waals surface area contributed by atoms with Crippen LogP contribution in [0.15, 0.2) is 59.8 Å². The van der Waals surface area contributed by atoms with Gasteiger partial charge in [0, 0.05) is 22.7 Å². The topological polar surface area (TPSA) is 66.5 Å². The number of alkyl halides is 3. The molecule has 0 saturated carbocycles. The first-order valence-electron chi connectivity index (χ1n) is 7.62. The highest BCUT2D eigenvalue weighted by atomic mass is 19.4. The lowest BCUT2D eigenvalue weighted by Crippen LogP contribution is -2.25. The van der Waals surface area contributed by atoms with Gasteiger partial charge in [0.05, 0.1) is 11.8 Å². The van der Waals surface area contributed by atoms with Crippen LogP contribution in [0.3, 0.4) is 0 Å². The number of hydrazone groups is 1. The number of carbonyl (C=O) groups is 1. The molecule has 0 aliphatic heterocycles. The summed E-state index contributed by atoms with van der Waals surface area (Å²) in [6.07, 6.45) is -1.31. The quantitative estimate of drug-likeness (QED) is 0.537. The highest BCUT2D eigenvalue weighted by Crippen LogP contribution is 2.35. The lowest BCUT2D eigenvalue weighted by molar-refractivity contribution is -0.139. The number of rotatable bonds is 5. The molecule has 3 aromatic rings. The molecule has 2 aromatic carbocycles. The summed E-state index contributed by atoms with van der Waals surface area (Å²) in [7, 11) is 0. The fraction of sp³-hybridized carbons (Fsp3) is 0.111. The van der Waals surface area contributed by atoms with Gasteiger partial charge < -0.3 is 9.72 Å². The van der Waals surface area contributed by atoms with Gasteiger partial charge in [-0.05, 0) is 24.3 Å². The number of ether oxygens (including phenoxy) is 1. The van der Waals surface area contributed by atoms with Gasteiger partial charge in [0.15, 0.2) is 6.61 Å². The molecule has 2 N–H and O–H groups in total. The van der Waals surface area contributed by atoms with Crippen LogP contribution in [0.25, 0.3) is 10.9 Å². The zero-order chi connectivity index (χ0) is 18.6.